The van der Waals surface area contributed by atoms with Crippen molar-refractivity contribution >= 4 is 22.1 Å². The second-order valence-corrected chi connectivity index (χ2v) is 9.39. The Morgan fingerprint density at radius 3 is 2.49 bits per heavy atom. The molecule has 188 valence electrons. The van der Waals surface area contributed by atoms with Gasteiger partial charge in [0.15, 0.2) is 11.5 Å². The van der Waals surface area contributed by atoms with Crippen molar-refractivity contribution in [3.63, 3.8) is 0 Å². The zero-order valence-electron chi connectivity index (χ0n) is 21.0. The summed E-state index contributed by atoms with van der Waals surface area (Å²) < 4.78 is 0. The summed E-state index contributed by atoms with van der Waals surface area (Å²) >= 11 is 0. The predicted octanol–water partition coefficient (Wildman–Crippen LogP) is 5.92. The number of fused-ring (bicyclic) bond motifs is 2. The monoisotopic (exact) mass is 508 g/mol. The molecule has 0 fully saturated rings. The van der Waals surface area contributed by atoms with Gasteiger partial charge in [0.25, 0.3) is 0 Å². The number of rotatable bonds is 7. The van der Waals surface area contributed by atoms with Gasteiger partial charge < -0.3 is 10.3 Å². The van der Waals surface area contributed by atoms with Crippen LogP contribution in [0.5, 0.6) is 0 Å². The maximum Gasteiger partial charge on any atom is 0.159 e. The SMILES string of the molecule is c1ccc(CNCc2cncc(-c3cnc4[nH]nc(-c5nc6c(-c7cccnc7)cccc6[nH]5)c4c3)c2)cc1. The summed E-state index contributed by atoms with van der Waals surface area (Å²) in [5.41, 5.74) is 9.60. The van der Waals surface area contributed by atoms with Gasteiger partial charge in [-0.05, 0) is 35.4 Å². The number of para-hydroxylation sites is 1. The minimum atomic E-state index is 0.684. The third-order valence-corrected chi connectivity index (χ3v) is 6.76. The summed E-state index contributed by atoms with van der Waals surface area (Å²) in [5.74, 6) is 0.684. The standard InChI is InChI=1S/C31H24N8/c1-2-6-20(7-3-1)14-33-15-21-12-23(18-34-16-21)24-13-26-29(38-39-30(26)35-19-24)31-36-27-10-4-9-25(28(27)37-31)22-8-5-11-32-17-22/h1-13,16-19,33H,14-15H2,(H,36,37)(H,35,38,39). The third kappa shape index (κ3) is 4.54. The lowest BCUT2D eigenvalue weighted by Gasteiger charge is -2.07. The summed E-state index contributed by atoms with van der Waals surface area (Å²) in [7, 11) is 0. The maximum atomic E-state index is 4.94. The highest BCUT2D eigenvalue weighted by Gasteiger charge is 2.16. The number of imidazole rings is 1. The van der Waals surface area contributed by atoms with Crippen LogP contribution in [0.25, 0.3) is 55.8 Å². The predicted molar refractivity (Wildman–Crippen MR) is 152 cm³/mol. The highest BCUT2D eigenvalue weighted by atomic mass is 15.2. The normalized spacial score (nSPS) is 11.4. The molecule has 3 N–H and O–H groups in total. The molecule has 0 spiro atoms. The van der Waals surface area contributed by atoms with Crippen molar-refractivity contribution < 1.29 is 0 Å². The Hall–Kier alpha value is -5.21. The topological polar surface area (TPSA) is 108 Å². The van der Waals surface area contributed by atoms with Crippen LogP contribution in [-0.4, -0.2) is 35.1 Å². The molecule has 8 nitrogen and oxygen atoms in total. The third-order valence-electron chi connectivity index (χ3n) is 6.76. The number of H-pyrrole nitrogens is 2. The van der Waals surface area contributed by atoms with Gasteiger partial charge in [0, 0.05) is 66.3 Å². The van der Waals surface area contributed by atoms with Crippen LogP contribution >= 0.6 is 0 Å². The quantitative estimate of drug-likeness (QED) is 0.247. The molecule has 2 aromatic carbocycles. The van der Waals surface area contributed by atoms with Gasteiger partial charge in [0.2, 0.25) is 0 Å². The first-order chi connectivity index (χ1) is 19.3. The van der Waals surface area contributed by atoms with E-state index in [2.05, 4.69) is 77.9 Å². The van der Waals surface area contributed by atoms with Gasteiger partial charge in [0.05, 0.1) is 16.4 Å². The van der Waals surface area contributed by atoms with Gasteiger partial charge in [-0.25, -0.2) is 9.97 Å². The van der Waals surface area contributed by atoms with Crippen LogP contribution in [0.2, 0.25) is 0 Å². The number of aromatic amines is 2. The molecule has 5 heterocycles. The Balaban J connectivity index is 1.20. The molecule has 0 saturated carbocycles. The van der Waals surface area contributed by atoms with E-state index in [0.717, 1.165) is 63.0 Å². The molecule has 7 rings (SSSR count). The summed E-state index contributed by atoms with van der Waals surface area (Å²) in [4.78, 5) is 21.8. The van der Waals surface area contributed by atoms with Crippen LogP contribution in [0, 0.1) is 0 Å². The first kappa shape index (κ1) is 22.9. The first-order valence-corrected chi connectivity index (χ1v) is 12.7. The number of nitrogens with zero attached hydrogens (tertiary/aromatic N) is 5. The van der Waals surface area contributed by atoms with Crippen molar-refractivity contribution in [1.29, 1.82) is 0 Å². The fourth-order valence-corrected chi connectivity index (χ4v) is 4.83. The second kappa shape index (κ2) is 9.92. The molecule has 0 atom stereocenters. The maximum absolute atomic E-state index is 4.94. The van der Waals surface area contributed by atoms with Gasteiger partial charge in [0.1, 0.15) is 5.69 Å². The Kier molecular flexibility index (Phi) is 5.84. The van der Waals surface area contributed by atoms with E-state index in [-0.39, 0.29) is 0 Å². The molecule has 8 heteroatoms. The molecule has 0 amide bonds. The van der Waals surface area contributed by atoms with Crippen molar-refractivity contribution in [2.24, 2.45) is 0 Å². The van der Waals surface area contributed by atoms with Crippen molar-refractivity contribution in [2.75, 3.05) is 0 Å². The molecular weight excluding hydrogens is 484 g/mol. The van der Waals surface area contributed by atoms with E-state index in [4.69, 9.17) is 4.98 Å². The second-order valence-electron chi connectivity index (χ2n) is 9.39. The zero-order valence-corrected chi connectivity index (χ0v) is 21.0. The average molecular weight is 509 g/mol. The summed E-state index contributed by atoms with van der Waals surface area (Å²) in [6.07, 6.45) is 9.23. The fraction of sp³-hybridized carbons (Fsp3) is 0.0645. The summed E-state index contributed by atoms with van der Waals surface area (Å²) in [6, 6.07) is 24.7. The Morgan fingerprint density at radius 2 is 1.59 bits per heavy atom. The van der Waals surface area contributed by atoms with E-state index in [1.54, 1.807) is 6.20 Å². The highest BCUT2D eigenvalue weighted by molar-refractivity contribution is 5.97. The van der Waals surface area contributed by atoms with Crippen LogP contribution in [-0.2, 0) is 13.1 Å². The van der Waals surface area contributed by atoms with Crippen LogP contribution in [0.4, 0.5) is 0 Å². The van der Waals surface area contributed by atoms with E-state index in [0.29, 0.717) is 11.5 Å². The van der Waals surface area contributed by atoms with Crippen LogP contribution in [0.3, 0.4) is 0 Å². The number of pyridine rings is 3. The van der Waals surface area contributed by atoms with Crippen molar-refractivity contribution in [2.45, 2.75) is 13.1 Å². The molecule has 39 heavy (non-hydrogen) atoms. The highest BCUT2D eigenvalue weighted by Crippen LogP contribution is 2.32. The molecule has 0 aliphatic heterocycles. The van der Waals surface area contributed by atoms with E-state index in [1.165, 1.54) is 5.56 Å². The molecule has 0 aliphatic carbocycles. The number of hydrogen-bond acceptors (Lipinski definition) is 6. The molecule has 0 saturated heterocycles. The lowest BCUT2D eigenvalue weighted by Crippen LogP contribution is -2.12. The molecule has 7 aromatic rings. The van der Waals surface area contributed by atoms with Crippen LogP contribution < -0.4 is 5.32 Å². The van der Waals surface area contributed by atoms with Crippen LogP contribution in [0.15, 0.2) is 104 Å². The molecule has 0 radical (unpaired) electrons. The van der Waals surface area contributed by atoms with Crippen LogP contribution in [0.1, 0.15) is 11.1 Å². The zero-order chi connectivity index (χ0) is 26.0. The number of aromatic nitrogens is 7. The smallest absolute Gasteiger partial charge is 0.159 e. The Labute approximate surface area is 224 Å². The molecule has 0 aliphatic rings. The lowest BCUT2D eigenvalue weighted by molar-refractivity contribution is 0.691. The average Bonchev–Trinajstić information content (AvgIpc) is 3.62. The largest absolute Gasteiger partial charge is 0.337 e. The number of nitrogens with one attached hydrogen (secondary N) is 3. The van der Waals surface area contributed by atoms with Crippen molar-refractivity contribution in [1.82, 2.24) is 40.4 Å². The molecule has 0 bridgehead atoms. The van der Waals surface area contributed by atoms with Crippen molar-refractivity contribution in [3.05, 3.63) is 115 Å². The fourth-order valence-electron chi connectivity index (χ4n) is 4.83. The molecular formula is C31H24N8. The van der Waals surface area contributed by atoms with E-state index >= 15 is 0 Å². The van der Waals surface area contributed by atoms with E-state index in [1.807, 2.05) is 55.1 Å². The van der Waals surface area contributed by atoms with E-state index < -0.39 is 0 Å². The van der Waals surface area contributed by atoms with Crippen molar-refractivity contribution in [3.8, 4) is 33.8 Å². The van der Waals surface area contributed by atoms with Gasteiger partial charge in [-0.2, -0.15) is 5.10 Å². The van der Waals surface area contributed by atoms with E-state index in [9.17, 15) is 0 Å². The van der Waals surface area contributed by atoms with Gasteiger partial charge in [-0.15, -0.1) is 0 Å². The summed E-state index contributed by atoms with van der Waals surface area (Å²) in [6.45, 7) is 1.53. The minimum absolute atomic E-state index is 0.684. The Bertz CT molecular complexity index is 1890. The van der Waals surface area contributed by atoms with Gasteiger partial charge >= 0.3 is 0 Å². The number of benzene rings is 2. The summed E-state index contributed by atoms with van der Waals surface area (Å²) in [5, 5.41) is 12.0. The Morgan fingerprint density at radius 1 is 0.718 bits per heavy atom. The van der Waals surface area contributed by atoms with Gasteiger partial charge in [-0.1, -0.05) is 48.5 Å². The van der Waals surface area contributed by atoms with Gasteiger partial charge in [-0.3, -0.25) is 15.1 Å². The lowest BCUT2D eigenvalue weighted by atomic mass is 10.1. The molecule has 5 aromatic heterocycles. The minimum Gasteiger partial charge on any atom is -0.337 e. The first-order valence-electron chi connectivity index (χ1n) is 12.7. The molecule has 0 unspecified atom stereocenters. The number of hydrogen-bond donors (Lipinski definition) is 3.